The molecule has 0 aliphatic rings. The molecule has 35 heavy (non-hydrogen) atoms. The summed E-state index contributed by atoms with van der Waals surface area (Å²) in [7, 11) is 1.66. The Kier molecular flexibility index (Phi) is 17.2. The first-order valence-electron chi connectivity index (χ1n) is 11.6. The fourth-order valence-electron chi connectivity index (χ4n) is 3.06. The maximum absolute atomic E-state index is 12.7. The van der Waals surface area contributed by atoms with Gasteiger partial charge in [0.2, 0.25) is 17.7 Å². The van der Waals surface area contributed by atoms with Gasteiger partial charge in [0, 0.05) is 5.75 Å². The molecule has 0 bridgehead atoms. The zero-order chi connectivity index (χ0) is 27.0. The van der Waals surface area contributed by atoms with Crippen LogP contribution in [-0.2, 0) is 28.7 Å². The smallest absolute Gasteiger partial charge is 0.326 e. The highest BCUT2D eigenvalue weighted by molar-refractivity contribution is 7.80. The van der Waals surface area contributed by atoms with Crippen LogP contribution in [0.15, 0.2) is 12.2 Å². The van der Waals surface area contributed by atoms with Crippen LogP contribution in [0.4, 0.5) is 0 Å². The maximum atomic E-state index is 12.7. The summed E-state index contributed by atoms with van der Waals surface area (Å²) in [6.07, 6.45) is 3.36. The van der Waals surface area contributed by atoms with Crippen LogP contribution in [0.1, 0.15) is 40.5 Å². The Morgan fingerprint density at radius 1 is 0.943 bits per heavy atom. The van der Waals surface area contributed by atoms with Gasteiger partial charge in [-0.05, 0) is 37.1 Å². The van der Waals surface area contributed by atoms with Gasteiger partial charge in [-0.3, -0.25) is 19.2 Å². The third kappa shape index (κ3) is 13.6. The number of amides is 3. The van der Waals surface area contributed by atoms with Gasteiger partial charge in [0.15, 0.2) is 0 Å². The van der Waals surface area contributed by atoms with E-state index in [-0.39, 0.29) is 36.5 Å². The third-order valence-electron chi connectivity index (χ3n) is 4.94. The molecule has 10 nitrogen and oxygen atoms in total. The average molecular weight is 533 g/mol. The number of rotatable bonds is 17. The standard InChI is InChI=1S/C23H40N4O6S2/c1-14(2)20(24-5)22(31)25-11-19(30)33-17(8-6-7-9-34)10-18(29)27-21(15(3)4)23(32)26-16(12-28)13-35/h6,8,12,14-17,20-21,24,34-35H,7,9-11,13H2,1-5H3,(H,25,31)(H,26,32)(H,27,29)/b8-6+/t16-,17+,20+,21+/m0/s1. The summed E-state index contributed by atoms with van der Waals surface area (Å²) >= 11 is 8.14. The number of likely N-dealkylation sites (N-methyl/N-ethyl adjacent to an activating group) is 1. The van der Waals surface area contributed by atoms with Gasteiger partial charge in [0.1, 0.15) is 25.0 Å². The molecule has 3 amide bonds. The van der Waals surface area contributed by atoms with E-state index in [4.69, 9.17) is 4.74 Å². The van der Waals surface area contributed by atoms with E-state index >= 15 is 0 Å². The lowest BCUT2D eigenvalue weighted by Gasteiger charge is -2.24. The first-order valence-corrected chi connectivity index (χ1v) is 12.8. The summed E-state index contributed by atoms with van der Waals surface area (Å²) in [5.41, 5.74) is 0. The van der Waals surface area contributed by atoms with Crippen molar-refractivity contribution < 1.29 is 28.7 Å². The van der Waals surface area contributed by atoms with Crippen molar-refractivity contribution in [3.8, 4) is 0 Å². The van der Waals surface area contributed by atoms with Gasteiger partial charge >= 0.3 is 5.97 Å². The van der Waals surface area contributed by atoms with E-state index in [9.17, 15) is 24.0 Å². The number of carbonyl (C=O) groups is 5. The number of hydrogen-bond acceptors (Lipinski definition) is 9. The van der Waals surface area contributed by atoms with E-state index in [2.05, 4.69) is 46.5 Å². The SMILES string of the molecule is CN[C@@H](C(=O)NCC(=O)O[C@H](/C=C/CCS)CC(=O)N[C@@H](C(=O)N[C@@H](C=O)CS)C(C)C)C(C)C. The molecule has 4 atom stereocenters. The van der Waals surface area contributed by atoms with Crippen molar-refractivity contribution in [3.63, 3.8) is 0 Å². The lowest BCUT2D eigenvalue weighted by atomic mass is 10.0. The third-order valence-corrected chi connectivity index (χ3v) is 5.59. The van der Waals surface area contributed by atoms with E-state index in [1.807, 2.05) is 13.8 Å². The topological polar surface area (TPSA) is 143 Å². The number of allylic oxidation sites excluding steroid dienone is 1. The average Bonchev–Trinajstić information content (AvgIpc) is 2.79. The van der Waals surface area contributed by atoms with E-state index in [1.165, 1.54) is 0 Å². The van der Waals surface area contributed by atoms with Gasteiger partial charge in [0.25, 0.3) is 0 Å². The Morgan fingerprint density at radius 3 is 2.06 bits per heavy atom. The quantitative estimate of drug-likeness (QED) is 0.0684. The van der Waals surface area contributed by atoms with E-state index < -0.39 is 42.0 Å². The summed E-state index contributed by atoms with van der Waals surface area (Å²) < 4.78 is 5.39. The largest absolute Gasteiger partial charge is 0.456 e. The fraction of sp³-hybridized carbons (Fsp3) is 0.696. The zero-order valence-corrected chi connectivity index (χ0v) is 22.9. The number of thiol groups is 2. The molecule has 0 aliphatic carbocycles. The summed E-state index contributed by atoms with van der Waals surface area (Å²) in [4.78, 5) is 60.8. The molecule has 200 valence electrons. The highest BCUT2D eigenvalue weighted by Crippen LogP contribution is 2.08. The summed E-state index contributed by atoms with van der Waals surface area (Å²) in [6, 6.07) is -2.12. The van der Waals surface area contributed by atoms with Crippen molar-refractivity contribution in [2.75, 3.05) is 25.1 Å². The molecule has 4 N–H and O–H groups in total. The summed E-state index contributed by atoms with van der Waals surface area (Å²) in [5, 5.41) is 10.6. The molecule has 0 radical (unpaired) electrons. The number of hydrogen-bond donors (Lipinski definition) is 6. The van der Waals surface area contributed by atoms with Crippen LogP contribution in [0.25, 0.3) is 0 Å². The molecule has 0 saturated heterocycles. The number of esters is 1. The van der Waals surface area contributed by atoms with Crippen LogP contribution in [0.5, 0.6) is 0 Å². The van der Waals surface area contributed by atoms with Crippen molar-refractivity contribution >= 4 is 55.2 Å². The minimum atomic E-state index is -0.902. The van der Waals surface area contributed by atoms with Crippen LogP contribution < -0.4 is 21.3 Å². The predicted octanol–water partition coefficient (Wildman–Crippen LogP) is 0.279. The Labute approximate surface area is 219 Å². The molecule has 12 heteroatoms. The molecule has 0 aromatic carbocycles. The molecule has 0 spiro atoms. The molecule has 0 aromatic heterocycles. The predicted molar refractivity (Wildman–Crippen MR) is 141 cm³/mol. The van der Waals surface area contributed by atoms with Gasteiger partial charge < -0.3 is 30.8 Å². The lowest BCUT2D eigenvalue weighted by Crippen LogP contribution is -2.53. The van der Waals surface area contributed by atoms with Gasteiger partial charge in [-0.25, -0.2) is 0 Å². The summed E-state index contributed by atoms with van der Waals surface area (Å²) in [6.45, 7) is 6.91. The van der Waals surface area contributed by atoms with Crippen molar-refractivity contribution in [3.05, 3.63) is 12.2 Å². The molecule has 0 heterocycles. The van der Waals surface area contributed by atoms with Gasteiger partial charge in [-0.2, -0.15) is 25.3 Å². The highest BCUT2D eigenvalue weighted by Gasteiger charge is 2.27. The second kappa shape index (κ2) is 18.3. The molecule has 0 aliphatic heterocycles. The number of ether oxygens (including phenoxy) is 1. The highest BCUT2D eigenvalue weighted by atomic mass is 32.1. The minimum absolute atomic E-state index is 0.0253. The molecular weight excluding hydrogens is 492 g/mol. The van der Waals surface area contributed by atoms with Crippen molar-refractivity contribution in [1.82, 2.24) is 21.3 Å². The van der Waals surface area contributed by atoms with Crippen LogP contribution in [0, 0.1) is 11.8 Å². The monoisotopic (exact) mass is 532 g/mol. The minimum Gasteiger partial charge on any atom is -0.456 e. The number of aldehydes is 1. The number of carbonyl (C=O) groups excluding carboxylic acids is 5. The zero-order valence-electron chi connectivity index (χ0n) is 21.1. The molecule has 0 rings (SSSR count). The second-order valence-corrected chi connectivity index (χ2v) is 9.44. The molecule has 0 unspecified atom stereocenters. The van der Waals surface area contributed by atoms with Crippen LogP contribution in [-0.4, -0.2) is 79.3 Å². The van der Waals surface area contributed by atoms with Crippen LogP contribution in [0.3, 0.4) is 0 Å². The Bertz CT molecular complexity index is 733. The molecule has 0 saturated carbocycles. The Balaban J connectivity index is 5.16. The van der Waals surface area contributed by atoms with Gasteiger partial charge in [0.05, 0.1) is 18.5 Å². The second-order valence-electron chi connectivity index (χ2n) is 8.62. The number of nitrogens with one attached hydrogen (secondary N) is 4. The van der Waals surface area contributed by atoms with Crippen molar-refractivity contribution in [2.24, 2.45) is 11.8 Å². The lowest BCUT2D eigenvalue weighted by molar-refractivity contribution is -0.148. The van der Waals surface area contributed by atoms with Crippen LogP contribution >= 0.6 is 25.3 Å². The first kappa shape index (κ1) is 33.0. The molecular formula is C23H40N4O6S2. The van der Waals surface area contributed by atoms with Crippen LogP contribution in [0.2, 0.25) is 0 Å². The summed E-state index contributed by atoms with van der Waals surface area (Å²) in [5.74, 6) is -1.60. The molecule has 0 fully saturated rings. The maximum Gasteiger partial charge on any atom is 0.326 e. The van der Waals surface area contributed by atoms with E-state index in [0.29, 0.717) is 18.5 Å². The fourth-order valence-corrected chi connectivity index (χ4v) is 3.39. The van der Waals surface area contributed by atoms with Crippen molar-refractivity contribution in [2.45, 2.75) is 64.8 Å². The molecule has 0 aromatic rings. The van der Waals surface area contributed by atoms with Gasteiger partial charge in [-0.15, -0.1) is 0 Å². The van der Waals surface area contributed by atoms with E-state index in [0.717, 1.165) is 0 Å². The Hall–Kier alpha value is -2.05. The van der Waals surface area contributed by atoms with Crippen molar-refractivity contribution in [1.29, 1.82) is 0 Å². The first-order chi connectivity index (χ1) is 16.5. The van der Waals surface area contributed by atoms with E-state index in [1.54, 1.807) is 33.0 Å². The normalized spacial score (nSPS) is 14.8. The van der Waals surface area contributed by atoms with Gasteiger partial charge in [-0.1, -0.05) is 33.8 Å². The Morgan fingerprint density at radius 2 is 1.57 bits per heavy atom.